The number of nitrogens with one attached hydrogen (secondary N) is 1. The number of anilines is 1. The minimum absolute atomic E-state index is 0.0197. The highest BCUT2D eigenvalue weighted by Gasteiger charge is 2.17. The van der Waals surface area contributed by atoms with Gasteiger partial charge in [-0.25, -0.2) is 4.98 Å². The van der Waals surface area contributed by atoms with Gasteiger partial charge in [0.1, 0.15) is 11.5 Å². The zero-order valence-electron chi connectivity index (χ0n) is 15.8. The van der Waals surface area contributed by atoms with Crippen LogP contribution in [0.15, 0.2) is 53.9 Å². The summed E-state index contributed by atoms with van der Waals surface area (Å²) in [6, 6.07) is 14.2. The van der Waals surface area contributed by atoms with E-state index < -0.39 is 6.10 Å². The molecule has 1 aromatic heterocycles. The van der Waals surface area contributed by atoms with E-state index in [-0.39, 0.29) is 11.7 Å². The Morgan fingerprint density at radius 1 is 1.04 bits per heavy atom. The lowest BCUT2D eigenvalue weighted by Gasteiger charge is -2.13. The molecule has 144 valence electrons. The van der Waals surface area contributed by atoms with Gasteiger partial charge in [0.05, 0.1) is 12.8 Å². The summed E-state index contributed by atoms with van der Waals surface area (Å²) < 4.78 is 10.8. The summed E-state index contributed by atoms with van der Waals surface area (Å²) in [6.07, 6.45) is -0.712. The predicted octanol–water partition coefficient (Wildman–Crippen LogP) is 4.43. The molecule has 2 aromatic carbocycles. The summed E-state index contributed by atoms with van der Waals surface area (Å²) in [5, 5.41) is 5.15. The number of ether oxygens (including phenoxy) is 2. The minimum Gasteiger partial charge on any atom is -0.497 e. The molecule has 0 saturated heterocycles. The Morgan fingerprint density at radius 3 is 2.29 bits per heavy atom. The fraction of sp³-hybridized carbons (Fsp3) is 0.190. The van der Waals surface area contributed by atoms with Crippen LogP contribution >= 0.6 is 11.3 Å². The summed E-state index contributed by atoms with van der Waals surface area (Å²) in [5.41, 5.74) is 2.31. The number of amides is 1. The molecule has 0 spiro atoms. The van der Waals surface area contributed by atoms with E-state index in [9.17, 15) is 9.59 Å². The largest absolute Gasteiger partial charge is 0.497 e. The second-order valence-electron chi connectivity index (χ2n) is 6.10. The number of methoxy groups -OCH3 is 1. The van der Waals surface area contributed by atoms with Crippen molar-refractivity contribution in [2.75, 3.05) is 12.4 Å². The van der Waals surface area contributed by atoms with Crippen LogP contribution in [0.4, 0.5) is 5.13 Å². The quantitative estimate of drug-likeness (QED) is 0.598. The van der Waals surface area contributed by atoms with Crippen LogP contribution in [0, 0.1) is 0 Å². The molecule has 0 aliphatic rings. The number of benzene rings is 2. The molecular formula is C21H20N2O4S. The number of ketones is 1. The number of carbonyl (C=O) groups excluding carboxylic acids is 2. The number of aromatic nitrogens is 1. The summed E-state index contributed by atoms with van der Waals surface area (Å²) >= 11 is 1.34. The van der Waals surface area contributed by atoms with Crippen LogP contribution in [0.2, 0.25) is 0 Å². The molecule has 6 nitrogen and oxygen atoms in total. The van der Waals surface area contributed by atoms with Crippen LogP contribution in [-0.2, 0) is 4.79 Å². The van der Waals surface area contributed by atoms with Crippen molar-refractivity contribution < 1.29 is 19.1 Å². The van der Waals surface area contributed by atoms with Gasteiger partial charge in [0.25, 0.3) is 5.91 Å². The number of Topliss-reactive ketones (excluding diaryl/α,β-unsaturated/α-hetero) is 1. The van der Waals surface area contributed by atoms with Gasteiger partial charge in [0.2, 0.25) is 0 Å². The molecule has 28 heavy (non-hydrogen) atoms. The fourth-order valence-electron chi connectivity index (χ4n) is 2.46. The topological polar surface area (TPSA) is 77.5 Å². The molecule has 0 bridgehead atoms. The third-order valence-electron chi connectivity index (χ3n) is 4.06. The zero-order valence-corrected chi connectivity index (χ0v) is 16.6. The normalized spacial score (nSPS) is 11.5. The number of rotatable bonds is 7. The summed E-state index contributed by atoms with van der Waals surface area (Å²) in [4.78, 5) is 28.1. The van der Waals surface area contributed by atoms with Crippen LogP contribution in [0.25, 0.3) is 11.3 Å². The van der Waals surface area contributed by atoms with Gasteiger partial charge >= 0.3 is 0 Å². The van der Waals surface area contributed by atoms with Crippen LogP contribution in [0.3, 0.4) is 0 Å². The third kappa shape index (κ3) is 4.75. The van der Waals surface area contributed by atoms with Crippen molar-refractivity contribution in [3.63, 3.8) is 0 Å². The first-order valence-corrected chi connectivity index (χ1v) is 9.52. The van der Waals surface area contributed by atoms with Crippen LogP contribution in [0.1, 0.15) is 24.2 Å². The molecule has 0 aliphatic carbocycles. The van der Waals surface area contributed by atoms with Gasteiger partial charge in [0.15, 0.2) is 17.0 Å². The monoisotopic (exact) mass is 396 g/mol. The Kier molecular flexibility index (Phi) is 6.06. The first-order valence-electron chi connectivity index (χ1n) is 8.64. The van der Waals surface area contributed by atoms with Gasteiger partial charge in [-0.1, -0.05) is 0 Å². The van der Waals surface area contributed by atoms with Crippen molar-refractivity contribution in [2.45, 2.75) is 20.0 Å². The highest BCUT2D eigenvalue weighted by Crippen LogP contribution is 2.26. The number of hydrogen-bond acceptors (Lipinski definition) is 6. The Bertz CT molecular complexity index is 965. The Hall–Kier alpha value is -3.19. The van der Waals surface area contributed by atoms with Gasteiger partial charge in [0, 0.05) is 16.5 Å². The van der Waals surface area contributed by atoms with Gasteiger partial charge < -0.3 is 9.47 Å². The average Bonchev–Trinajstić information content (AvgIpc) is 3.17. The number of thiazole rings is 1. The van der Waals surface area contributed by atoms with Crippen molar-refractivity contribution in [1.82, 2.24) is 4.98 Å². The fourth-order valence-corrected chi connectivity index (χ4v) is 3.18. The first-order chi connectivity index (χ1) is 13.5. The molecule has 1 atom stereocenters. The lowest BCUT2D eigenvalue weighted by Crippen LogP contribution is -2.30. The third-order valence-corrected chi connectivity index (χ3v) is 4.82. The lowest BCUT2D eigenvalue weighted by molar-refractivity contribution is -0.122. The van der Waals surface area contributed by atoms with Crippen molar-refractivity contribution in [3.8, 4) is 22.8 Å². The highest BCUT2D eigenvalue weighted by atomic mass is 32.1. The maximum absolute atomic E-state index is 12.4. The molecule has 0 radical (unpaired) electrons. The number of nitrogens with zero attached hydrogens (tertiary/aromatic N) is 1. The zero-order chi connectivity index (χ0) is 20.1. The van der Waals surface area contributed by atoms with Gasteiger partial charge in [-0.2, -0.15) is 0 Å². The molecule has 1 amide bonds. The van der Waals surface area contributed by atoms with Crippen LogP contribution < -0.4 is 14.8 Å². The van der Waals surface area contributed by atoms with Crippen LogP contribution in [0.5, 0.6) is 11.5 Å². The summed E-state index contributed by atoms with van der Waals surface area (Å²) in [6.45, 7) is 3.16. The van der Waals surface area contributed by atoms with E-state index in [4.69, 9.17) is 9.47 Å². The summed E-state index contributed by atoms with van der Waals surface area (Å²) in [7, 11) is 1.62. The Labute approximate surface area is 167 Å². The standard InChI is InChI=1S/C21H20N2O4S/c1-13(24)15-4-10-18(11-5-15)27-14(2)20(25)23-21-22-19(12-28-21)16-6-8-17(26-3)9-7-16/h4-12,14H,1-3H3,(H,22,23,25). The molecule has 7 heteroatoms. The van der Waals surface area contributed by atoms with Gasteiger partial charge in [-0.05, 0) is 62.4 Å². The minimum atomic E-state index is -0.712. The van der Waals surface area contributed by atoms with E-state index in [1.54, 1.807) is 38.3 Å². The SMILES string of the molecule is COc1ccc(-c2csc(NC(=O)C(C)Oc3ccc(C(C)=O)cc3)n2)cc1. The van der Waals surface area contributed by atoms with Crippen molar-refractivity contribution in [1.29, 1.82) is 0 Å². The van der Waals surface area contributed by atoms with E-state index in [2.05, 4.69) is 10.3 Å². The van der Waals surface area contributed by atoms with Crippen LogP contribution in [-0.4, -0.2) is 29.9 Å². The molecule has 3 rings (SSSR count). The highest BCUT2D eigenvalue weighted by molar-refractivity contribution is 7.14. The maximum atomic E-state index is 12.4. The molecule has 1 heterocycles. The second kappa shape index (κ2) is 8.67. The molecular weight excluding hydrogens is 376 g/mol. The molecule has 1 unspecified atom stereocenters. The first kappa shape index (κ1) is 19.6. The predicted molar refractivity (Wildman–Crippen MR) is 109 cm³/mol. The lowest BCUT2D eigenvalue weighted by atomic mass is 10.1. The van der Waals surface area contributed by atoms with E-state index in [0.717, 1.165) is 17.0 Å². The van der Waals surface area contributed by atoms with Gasteiger partial charge in [-0.3, -0.25) is 14.9 Å². The smallest absolute Gasteiger partial charge is 0.266 e. The molecule has 1 N–H and O–H groups in total. The number of hydrogen-bond donors (Lipinski definition) is 1. The van der Waals surface area contributed by atoms with Crippen molar-refractivity contribution in [2.24, 2.45) is 0 Å². The number of carbonyl (C=O) groups is 2. The molecule has 0 aliphatic heterocycles. The molecule has 0 saturated carbocycles. The van der Waals surface area contributed by atoms with Gasteiger partial charge in [-0.15, -0.1) is 11.3 Å². The average molecular weight is 396 g/mol. The Balaban J connectivity index is 1.60. The van der Waals surface area contributed by atoms with Crippen molar-refractivity contribution >= 4 is 28.2 Å². The van der Waals surface area contributed by atoms with E-state index in [1.165, 1.54) is 18.3 Å². The maximum Gasteiger partial charge on any atom is 0.266 e. The Morgan fingerprint density at radius 2 is 1.68 bits per heavy atom. The van der Waals surface area contributed by atoms with E-state index in [1.807, 2.05) is 29.6 Å². The van der Waals surface area contributed by atoms with E-state index >= 15 is 0 Å². The second-order valence-corrected chi connectivity index (χ2v) is 6.95. The molecule has 3 aromatic rings. The molecule has 0 fully saturated rings. The summed E-state index contributed by atoms with van der Waals surface area (Å²) in [5.74, 6) is 0.973. The van der Waals surface area contributed by atoms with E-state index in [0.29, 0.717) is 16.4 Å². The van der Waals surface area contributed by atoms with Crippen molar-refractivity contribution in [3.05, 3.63) is 59.5 Å².